The highest BCUT2D eigenvalue weighted by Gasteiger charge is 2.19. The number of aromatic carboxylic acids is 1. The summed E-state index contributed by atoms with van der Waals surface area (Å²) >= 11 is 1.30. The molecule has 0 spiro atoms. The van der Waals surface area contributed by atoms with E-state index < -0.39 is 5.97 Å². The number of rotatable bonds is 10. The van der Waals surface area contributed by atoms with Crippen molar-refractivity contribution in [3.05, 3.63) is 16.6 Å². The number of thiazole rings is 1. The third-order valence-corrected chi connectivity index (χ3v) is 4.01. The third kappa shape index (κ3) is 5.63. The first-order chi connectivity index (χ1) is 8.75. The van der Waals surface area contributed by atoms with E-state index in [-0.39, 0.29) is 0 Å². The lowest BCUT2D eigenvalue weighted by Crippen LogP contribution is -2.37. The molecule has 0 saturated heterocycles. The molecule has 102 valence electrons. The fourth-order valence-electron chi connectivity index (χ4n) is 2.07. The smallest absolute Gasteiger partial charge is 0.412 e. The number of aryl methyl sites for hydroxylation is 1. The van der Waals surface area contributed by atoms with Gasteiger partial charge in [-0.25, -0.2) is 4.79 Å². The Morgan fingerprint density at radius 1 is 1.17 bits per heavy atom. The van der Waals surface area contributed by atoms with Crippen LogP contribution in [0.1, 0.15) is 68.1 Å². The van der Waals surface area contributed by atoms with Gasteiger partial charge in [0, 0.05) is 6.42 Å². The highest BCUT2D eigenvalue weighted by molar-refractivity contribution is 7.11. The van der Waals surface area contributed by atoms with Crippen molar-refractivity contribution < 1.29 is 14.5 Å². The summed E-state index contributed by atoms with van der Waals surface area (Å²) in [7, 11) is 0. The van der Waals surface area contributed by atoms with Crippen LogP contribution in [-0.4, -0.2) is 11.1 Å². The minimum atomic E-state index is -0.815. The molecule has 0 aliphatic carbocycles. The van der Waals surface area contributed by atoms with Gasteiger partial charge < -0.3 is 5.11 Å². The highest BCUT2D eigenvalue weighted by atomic mass is 32.1. The lowest BCUT2D eigenvalue weighted by molar-refractivity contribution is -0.694. The van der Waals surface area contributed by atoms with Crippen molar-refractivity contribution in [1.82, 2.24) is 0 Å². The molecule has 1 aromatic rings. The van der Waals surface area contributed by atoms with Crippen molar-refractivity contribution in [2.75, 3.05) is 0 Å². The van der Waals surface area contributed by atoms with E-state index in [1.807, 2.05) is 16.1 Å². The molecule has 0 aliphatic heterocycles. The van der Waals surface area contributed by atoms with E-state index in [9.17, 15) is 4.79 Å². The van der Waals surface area contributed by atoms with Crippen LogP contribution in [0.15, 0.2) is 11.6 Å². The number of hydrogen-bond acceptors (Lipinski definition) is 2. The molecule has 0 atom stereocenters. The minimum Gasteiger partial charge on any atom is -0.473 e. The monoisotopic (exact) mass is 270 g/mol. The number of carbonyl (C=O) groups is 1. The first-order valence-corrected chi connectivity index (χ1v) is 7.84. The summed E-state index contributed by atoms with van der Waals surface area (Å²) in [6.45, 7) is 3.07. The molecule has 3 nitrogen and oxygen atoms in total. The Kier molecular flexibility index (Phi) is 7.65. The minimum absolute atomic E-state index is 0.443. The van der Waals surface area contributed by atoms with E-state index in [1.54, 1.807) is 0 Å². The second-order valence-corrected chi connectivity index (χ2v) is 5.58. The second-order valence-electron chi connectivity index (χ2n) is 4.68. The fourth-order valence-corrected chi connectivity index (χ4v) is 2.79. The normalized spacial score (nSPS) is 10.7. The van der Waals surface area contributed by atoms with Gasteiger partial charge in [-0.05, 0) is 6.42 Å². The Hall–Kier alpha value is -0.900. The first kappa shape index (κ1) is 15.2. The zero-order valence-corrected chi connectivity index (χ0v) is 12.0. The van der Waals surface area contributed by atoms with Crippen LogP contribution in [0.25, 0.3) is 0 Å². The molecular formula is C14H24NO2S+. The maximum absolute atomic E-state index is 10.9. The molecule has 0 saturated carbocycles. The summed E-state index contributed by atoms with van der Waals surface area (Å²) in [4.78, 5) is 10.9. The van der Waals surface area contributed by atoms with Crippen LogP contribution in [0, 0.1) is 0 Å². The molecular weight excluding hydrogens is 246 g/mol. The number of carboxylic acids is 1. The maximum atomic E-state index is 10.9. The maximum Gasteiger partial charge on any atom is 0.412 e. The van der Waals surface area contributed by atoms with Crippen molar-refractivity contribution in [2.45, 2.75) is 64.8 Å². The number of aromatic nitrogens is 1. The summed E-state index contributed by atoms with van der Waals surface area (Å²) in [5.41, 5.74) is 0. The van der Waals surface area contributed by atoms with Gasteiger partial charge in [0.15, 0.2) is 6.20 Å². The van der Waals surface area contributed by atoms with Crippen molar-refractivity contribution in [3.63, 3.8) is 0 Å². The quantitative estimate of drug-likeness (QED) is 0.518. The molecule has 0 radical (unpaired) electrons. The number of nitrogens with zero attached hydrogens (tertiary/aromatic N) is 1. The molecule has 0 bridgehead atoms. The standard InChI is InChI=1S/C14H23NO2S/c1-2-3-4-5-6-7-8-9-10-15-11-12-18-13(15)14(16)17/h11-12H,2-10H2,1H3/p+1. The summed E-state index contributed by atoms with van der Waals surface area (Å²) in [6.07, 6.45) is 12.1. The predicted molar refractivity (Wildman–Crippen MR) is 74.1 cm³/mol. The molecule has 18 heavy (non-hydrogen) atoms. The Bertz CT molecular complexity index is 349. The predicted octanol–water partition coefficient (Wildman–Crippen LogP) is 3.87. The Morgan fingerprint density at radius 3 is 2.39 bits per heavy atom. The van der Waals surface area contributed by atoms with Gasteiger partial charge in [0.25, 0.3) is 0 Å². The van der Waals surface area contributed by atoms with Gasteiger partial charge >= 0.3 is 11.0 Å². The van der Waals surface area contributed by atoms with Gasteiger partial charge in [-0.1, -0.05) is 56.8 Å². The third-order valence-electron chi connectivity index (χ3n) is 3.12. The average Bonchev–Trinajstić information content (AvgIpc) is 2.81. The van der Waals surface area contributed by atoms with Crippen LogP contribution in [0.4, 0.5) is 0 Å². The van der Waals surface area contributed by atoms with Crippen molar-refractivity contribution in [2.24, 2.45) is 0 Å². The van der Waals surface area contributed by atoms with Gasteiger partial charge in [0.05, 0.1) is 5.38 Å². The van der Waals surface area contributed by atoms with E-state index in [2.05, 4.69) is 6.92 Å². The molecule has 0 fully saturated rings. The lowest BCUT2D eigenvalue weighted by atomic mass is 10.1. The average molecular weight is 270 g/mol. The molecule has 1 N–H and O–H groups in total. The van der Waals surface area contributed by atoms with Crippen molar-refractivity contribution in [3.8, 4) is 0 Å². The number of carboxylic acid groups (broad SMARTS) is 1. The largest absolute Gasteiger partial charge is 0.473 e. The van der Waals surface area contributed by atoms with Gasteiger partial charge in [-0.2, -0.15) is 4.57 Å². The van der Waals surface area contributed by atoms with E-state index in [1.165, 1.54) is 56.3 Å². The summed E-state index contributed by atoms with van der Waals surface area (Å²) in [5.74, 6) is -0.815. The molecule has 1 rings (SSSR count). The highest BCUT2D eigenvalue weighted by Crippen LogP contribution is 2.09. The van der Waals surface area contributed by atoms with Crippen molar-refractivity contribution in [1.29, 1.82) is 0 Å². The number of hydrogen-bond donors (Lipinski definition) is 1. The molecule has 1 heterocycles. The van der Waals surface area contributed by atoms with E-state index >= 15 is 0 Å². The van der Waals surface area contributed by atoms with Gasteiger partial charge in [-0.15, -0.1) is 0 Å². The molecule has 0 amide bonds. The fraction of sp³-hybridized carbons (Fsp3) is 0.714. The van der Waals surface area contributed by atoms with Gasteiger partial charge in [0.1, 0.15) is 6.54 Å². The Labute approximate surface area is 113 Å². The SMILES string of the molecule is CCCCCCCCCC[n+]1ccsc1C(=O)O. The zero-order valence-electron chi connectivity index (χ0n) is 11.2. The topological polar surface area (TPSA) is 41.2 Å². The Balaban J connectivity index is 2.07. The van der Waals surface area contributed by atoms with Crippen LogP contribution in [0.2, 0.25) is 0 Å². The molecule has 1 aromatic heterocycles. The summed E-state index contributed by atoms with van der Waals surface area (Å²) in [5, 5.41) is 11.3. The summed E-state index contributed by atoms with van der Waals surface area (Å²) < 4.78 is 1.85. The van der Waals surface area contributed by atoms with Crippen LogP contribution in [0.3, 0.4) is 0 Å². The Morgan fingerprint density at radius 2 is 1.78 bits per heavy atom. The summed E-state index contributed by atoms with van der Waals surface area (Å²) in [6, 6.07) is 0. The van der Waals surface area contributed by atoms with Crippen molar-refractivity contribution >= 4 is 17.3 Å². The van der Waals surface area contributed by atoms with Crippen LogP contribution in [-0.2, 0) is 6.54 Å². The van der Waals surface area contributed by atoms with Gasteiger partial charge in [-0.3, -0.25) is 0 Å². The van der Waals surface area contributed by atoms with Gasteiger partial charge in [0.2, 0.25) is 0 Å². The van der Waals surface area contributed by atoms with Crippen LogP contribution in [0.5, 0.6) is 0 Å². The zero-order chi connectivity index (χ0) is 13.2. The molecule has 0 aromatic carbocycles. The van der Waals surface area contributed by atoms with E-state index in [4.69, 9.17) is 5.11 Å². The van der Waals surface area contributed by atoms with Crippen LogP contribution < -0.4 is 4.57 Å². The second kappa shape index (κ2) is 9.09. The van der Waals surface area contributed by atoms with Crippen LogP contribution >= 0.6 is 11.3 Å². The lowest BCUT2D eigenvalue weighted by Gasteiger charge is -1.99. The molecule has 0 unspecified atom stereocenters. The first-order valence-electron chi connectivity index (χ1n) is 6.96. The molecule has 4 heteroatoms. The van der Waals surface area contributed by atoms with E-state index in [0.717, 1.165) is 13.0 Å². The molecule has 0 aliphatic rings. The number of unbranched alkanes of at least 4 members (excludes halogenated alkanes) is 7. The van der Waals surface area contributed by atoms with E-state index in [0.29, 0.717) is 5.01 Å².